The normalized spacial score (nSPS) is 35.1. The van der Waals surface area contributed by atoms with E-state index in [1.54, 1.807) is 0 Å². The van der Waals surface area contributed by atoms with Gasteiger partial charge < -0.3 is 14.8 Å². The zero-order valence-electron chi connectivity index (χ0n) is 9.91. The third kappa shape index (κ3) is 2.95. The fraction of sp³-hybridized carbons (Fsp3) is 0.917. The number of carbonyl (C=O) groups excluding carboxylic acids is 1. The van der Waals surface area contributed by atoms with Crippen molar-refractivity contribution in [2.75, 3.05) is 13.2 Å². The molecule has 0 radical (unpaired) electrons. The molecule has 4 heteroatoms. The first kappa shape index (κ1) is 11.9. The summed E-state index contributed by atoms with van der Waals surface area (Å²) >= 11 is 0. The van der Waals surface area contributed by atoms with Gasteiger partial charge in [-0.2, -0.15) is 0 Å². The third-order valence-corrected chi connectivity index (χ3v) is 3.41. The summed E-state index contributed by atoms with van der Waals surface area (Å²) in [5.41, 5.74) is 0. The van der Waals surface area contributed by atoms with Crippen LogP contribution in [0.4, 0.5) is 0 Å². The quantitative estimate of drug-likeness (QED) is 0.734. The zero-order chi connectivity index (χ0) is 11.4. The van der Waals surface area contributed by atoms with Gasteiger partial charge in [-0.05, 0) is 32.2 Å². The van der Waals surface area contributed by atoms with Crippen LogP contribution in [0, 0.1) is 0 Å². The topological polar surface area (TPSA) is 47.6 Å². The second-order valence-corrected chi connectivity index (χ2v) is 4.61. The highest BCUT2D eigenvalue weighted by Gasteiger charge is 2.31. The molecule has 1 saturated heterocycles. The molecule has 2 aliphatic rings. The molecule has 16 heavy (non-hydrogen) atoms. The second-order valence-electron chi connectivity index (χ2n) is 4.61. The summed E-state index contributed by atoms with van der Waals surface area (Å²) < 4.78 is 10.7. The van der Waals surface area contributed by atoms with Gasteiger partial charge in [0, 0.05) is 12.5 Å². The molecule has 1 N–H and O–H groups in total. The summed E-state index contributed by atoms with van der Waals surface area (Å²) in [6.45, 7) is 3.69. The third-order valence-electron chi connectivity index (χ3n) is 3.41. The van der Waals surface area contributed by atoms with E-state index in [-0.39, 0.29) is 18.2 Å². The smallest absolute Gasteiger partial charge is 0.335 e. The van der Waals surface area contributed by atoms with Gasteiger partial charge in [0.1, 0.15) is 0 Å². The van der Waals surface area contributed by atoms with E-state index in [0.717, 1.165) is 38.6 Å². The molecule has 0 spiro atoms. The van der Waals surface area contributed by atoms with Crippen LogP contribution in [0.1, 0.15) is 39.0 Å². The minimum absolute atomic E-state index is 0.172. The minimum atomic E-state index is -0.291. The highest BCUT2D eigenvalue weighted by atomic mass is 16.6. The number of hydrogen-bond donors (Lipinski definition) is 1. The van der Waals surface area contributed by atoms with Gasteiger partial charge >= 0.3 is 5.97 Å². The Bertz CT molecular complexity index is 236. The SMILES string of the molecule is CCNC1CCC(OC2CCOC2=O)CC1. The Hall–Kier alpha value is -0.610. The fourth-order valence-electron chi connectivity index (χ4n) is 2.52. The standard InChI is InChI=1S/C12H21NO3/c1-2-13-9-3-5-10(6-4-9)16-11-7-8-15-12(11)14/h9-11,13H,2-8H2,1H3. The van der Waals surface area contributed by atoms with Gasteiger partial charge in [0.2, 0.25) is 0 Å². The maximum Gasteiger partial charge on any atom is 0.335 e. The molecule has 2 rings (SSSR count). The van der Waals surface area contributed by atoms with Crippen molar-refractivity contribution in [3.05, 3.63) is 0 Å². The molecule has 0 aromatic heterocycles. The van der Waals surface area contributed by atoms with Crippen molar-refractivity contribution in [1.29, 1.82) is 0 Å². The Morgan fingerprint density at radius 1 is 1.31 bits per heavy atom. The van der Waals surface area contributed by atoms with Crippen molar-refractivity contribution in [2.45, 2.75) is 57.3 Å². The molecule has 4 nitrogen and oxygen atoms in total. The number of hydrogen-bond acceptors (Lipinski definition) is 4. The van der Waals surface area contributed by atoms with E-state index in [0.29, 0.717) is 12.6 Å². The molecule has 1 unspecified atom stereocenters. The van der Waals surface area contributed by atoms with E-state index in [4.69, 9.17) is 9.47 Å². The first-order valence-corrected chi connectivity index (χ1v) is 6.35. The number of nitrogens with one attached hydrogen (secondary N) is 1. The Morgan fingerprint density at radius 3 is 2.62 bits per heavy atom. The molecule has 1 aliphatic heterocycles. The van der Waals surface area contributed by atoms with Crippen LogP contribution in [0.5, 0.6) is 0 Å². The van der Waals surface area contributed by atoms with Gasteiger partial charge in [0.15, 0.2) is 6.10 Å². The van der Waals surface area contributed by atoms with Crippen molar-refractivity contribution >= 4 is 5.97 Å². The maximum atomic E-state index is 11.3. The summed E-state index contributed by atoms with van der Waals surface area (Å²) in [5, 5.41) is 3.46. The lowest BCUT2D eigenvalue weighted by atomic mass is 9.93. The average molecular weight is 227 g/mol. The molecule has 0 amide bonds. The average Bonchev–Trinajstić information content (AvgIpc) is 2.68. The zero-order valence-corrected chi connectivity index (χ0v) is 9.91. The molecular weight excluding hydrogens is 206 g/mol. The molecule has 92 valence electrons. The predicted molar refractivity (Wildman–Crippen MR) is 60.2 cm³/mol. The highest BCUT2D eigenvalue weighted by molar-refractivity contribution is 5.76. The molecule has 1 heterocycles. The summed E-state index contributed by atoms with van der Waals surface area (Å²) in [7, 11) is 0. The van der Waals surface area contributed by atoms with E-state index in [9.17, 15) is 4.79 Å². The van der Waals surface area contributed by atoms with Gasteiger partial charge in [0.25, 0.3) is 0 Å². The molecule has 0 bridgehead atoms. The van der Waals surface area contributed by atoms with E-state index in [2.05, 4.69) is 12.2 Å². The lowest BCUT2D eigenvalue weighted by Crippen LogP contribution is -2.37. The fourth-order valence-corrected chi connectivity index (χ4v) is 2.52. The van der Waals surface area contributed by atoms with Crippen molar-refractivity contribution in [3.63, 3.8) is 0 Å². The van der Waals surface area contributed by atoms with Crippen LogP contribution in [0.15, 0.2) is 0 Å². The Labute approximate surface area is 96.7 Å². The van der Waals surface area contributed by atoms with Crippen molar-refractivity contribution in [2.24, 2.45) is 0 Å². The number of rotatable bonds is 4. The Balaban J connectivity index is 1.70. The first-order chi connectivity index (χ1) is 7.79. The van der Waals surface area contributed by atoms with Crippen LogP contribution in [-0.2, 0) is 14.3 Å². The molecular formula is C12H21NO3. The second kappa shape index (κ2) is 5.64. The highest BCUT2D eigenvalue weighted by Crippen LogP contribution is 2.24. The number of cyclic esters (lactones) is 1. The van der Waals surface area contributed by atoms with Crippen molar-refractivity contribution in [3.8, 4) is 0 Å². The van der Waals surface area contributed by atoms with E-state index >= 15 is 0 Å². The van der Waals surface area contributed by atoms with E-state index < -0.39 is 0 Å². The van der Waals surface area contributed by atoms with Crippen molar-refractivity contribution in [1.82, 2.24) is 5.32 Å². The molecule has 2 fully saturated rings. The van der Waals surface area contributed by atoms with E-state index in [1.807, 2.05) is 0 Å². The molecule has 0 aromatic carbocycles. The molecule has 0 aromatic rings. The van der Waals surface area contributed by atoms with Crippen LogP contribution in [0.2, 0.25) is 0 Å². The van der Waals surface area contributed by atoms with Crippen LogP contribution >= 0.6 is 0 Å². The van der Waals surface area contributed by atoms with Gasteiger partial charge in [-0.15, -0.1) is 0 Å². The van der Waals surface area contributed by atoms with Gasteiger partial charge in [-0.1, -0.05) is 6.92 Å². The van der Waals surface area contributed by atoms with Crippen LogP contribution in [-0.4, -0.2) is 37.4 Å². The van der Waals surface area contributed by atoms with E-state index in [1.165, 1.54) is 0 Å². The lowest BCUT2D eigenvalue weighted by Gasteiger charge is -2.29. The predicted octanol–water partition coefficient (Wildman–Crippen LogP) is 1.24. The molecule has 1 aliphatic carbocycles. The maximum absolute atomic E-state index is 11.3. The van der Waals surface area contributed by atoms with Gasteiger partial charge in [-0.25, -0.2) is 4.79 Å². The largest absolute Gasteiger partial charge is 0.464 e. The van der Waals surface area contributed by atoms with Crippen LogP contribution in [0.3, 0.4) is 0 Å². The van der Waals surface area contributed by atoms with Gasteiger partial charge in [0.05, 0.1) is 12.7 Å². The molecule has 1 atom stereocenters. The minimum Gasteiger partial charge on any atom is -0.464 e. The number of esters is 1. The summed E-state index contributed by atoms with van der Waals surface area (Å²) in [6, 6.07) is 0.639. The van der Waals surface area contributed by atoms with Crippen molar-refractivity contribution < 1.29 is 14.3 Å². The summed E-state index contributed by atoms with van der Waals surface area (Å²) in [5.74, 6) is -0.172. The number of carbonyl (C=O) groups is 1. The Kier molecular flexibility index (Phi) is 4.18. The lowest BCUT2D eigenvalue weighted by molar-refractivity contribution is -0.151. The molecule has 1 saturated carbocycles. The monoisotopic (exact) mass is 227 g/mol. The van der Waals surface area contributed by atoms with Crippen LogP contribution in [0.25, 0.3) is 0 Å². The summed E-state index contributed by atoms with van der Waals surface area (Å²) in [6.07, 6.45) is 5.11. The number of ether oxygens (including phenoxy) is 2. The Morgan fingerprint density at radius 2 is 2.06 bits per heavy atom. The summed E-state index contributed by atoms with van der Waals surface area (Å²) in [4.78, 5) is 11.3. The van der Waals surface area contributed by atoms with Gasteiger partial charge in [-0.3, -0.25) is 0 Å². The van der Waals surface area contributed by atoms with Crippen LogP contribution < -0.4 is 5.32 Å². The first-order valence-electron chi connectivity index (χ1n) is 6.35.